The Bertz CT molecular complexity index is 1540. The summed E-state index contributed by atoms with van der Waals surface area (Å²) in [6, 6.07) is 9.57. The number of H-pyrrole nitrogens is 1. The molecule has 1 spiro atoms. The Morgan fingerprint density at radius 2 is 2.00 bits per heavy atom. The van der Waals surface area contributed by atoms with Crippen molar-refractivity contribution in [3.05, 3.63) is 48.8 Å². The maximum atomic E-state index is 13.2. The summed E-state index contributed by atoms with van der Waals surface area (Å²) in [4.78, 5) is 7.52. The molecule has 4 heterocycles. The van der Waals surface area contributed by atoms with Crippen LogP contribution < -0.4 is 14.8 Å². The van der Waals surface area contributed by atoms with Crippen molar-refractivity contribution < 1.29 is 31.4 Å². The van der Waals surface area contributed by atoms with Gasteiger partial charge in [0.2, 0.25) is 20.0 Å². The van der Waals surface area contributed by atoms with Gasteiger partial charge < -0.3 is 24.9 Å². The van der Waals surface area contributed by atoms with E-state index in [1.54, 1.807) is 37.4 Å². The highest BCUT2D eigenvalue weighted by Gasteiger charge is 2.44. The zero-order valence-corrected chi connectivity index (χ0v) is 23.9. The van der Waals surface area contributed by atoms with E-state index in [-0.39, 0.29) is 35.5 Å². The first-order chi connectivity index (χ1) is 19.1. The molecule has 0 saturated carbocycles. The predicted octanol–water partition coefficient (Wildman–Crippen LogP) is 1.20. The molecule has 0 bridgehead atoms. The molecule has 0 aliphatic carbocycles. The molecular formula is C26H35N5O7S2. The molecule has 2 aromatic heterocycles. The number of ether oxygens (including phenoxy) is 2. The van der Waals surface area contributed by atoms with Crippen LogP contribution in [0.4, 0.5) is 0 Å². The fourth-order valence-corrected chi connectivity index (χ4v) is 7.71. The summed E-state index contributed by atoms with van der Waals surface area (Å²) in [7, 11) is -7.26. The molecule has 0 radical (unpaired) electrons. The van der Waals surface area contributed by atoms with Gasteiger partial charge in [0, 0.05) is 50.7 Å². The third-order valence-corrected chi connectivity index (χ3v) is 10.8. The van der Waals surface area contributed by atoms with Crippen molar-refractivity contribution in [1.29, 1.82) is 0 Å². The van der Waals surface area contributed by atoms with Gasteiger partial charge in [0.15, 0.2) is 0 Å². The van der Waals surface area contributed by atoms with Gasteiger partial charge in [-0.2, -0.15) is 4.31 Å². The number of hydrogen-bond donors (Lipinski definition) is 4. The van der Waals surface area contributed by atoms with Crippen molar-refractivity contribution in [2.24, 2.45) is 0 Å². The topological polar surface area (TPSA) is 163 Å². The summed E-state index contributed by atoms with van der Waals surface area (Å²) in [6.45, 7) is 3.44. The number of rotatable bonds is 11. The van der Waals surface area contributed by atoms with Crippen LogP contribution in [-0.2, 0) is 24.8 Å². The molecule has 14 heteroatoms. The van der Waals surface area contributed by atoms with Crippen molar-refractivity contribution in [3.63, 3.8) is 0 Å². The molecule has 2 aliphatic heterocycles. The quantitative estimate of drug-likeness (QED) is 0.256. The summed E-state index contributed by atoms with van der Waals surface area (Å²) in [5.74, 6) is 0.353. The third-order valence-electron chi connectivity index (χ3n) is 7.39. The van der Waals surface area contributed by atoms with Gasteiger partial charge in [-0.1, -0.05) is 13.0 Å². The average Bonchev–Trinajstić information content (AvgIpc) is 3.58. The lowest BCUT2D eigenvalue weighted by Crippen LogP contribution is -2.47. The summed E-state index contributed by atoms with van der Waals surface area (Å²) >= 11 is 0. The summed E-state index contributed by atoms with van der Waals surface area (Å²) < 4.78 is 66.5. The van der Waals surface area contributed by atoms with E-state index < -0.39 is 31.8 Å². The molecule has 40 heavy (non-hydrogen) atoms. The van der Waals surface area contributed by atoms with Crippen LogP contribution in [0.25, 0.3) is 11.0 Å². The van der Waals surface area contributed by atoms with E-state index in [4.69, 9.17) is 9.47 Å². The third kappa shape index (κ3) is 6.33. The number of sulfonamides is 2. The van der Waals surface area contributed by atoms with Gasteiger partial charge in [-0.25, -0.2) is 21.6 Å². The van der Waals surface area contributed by atoms with Crippen LogP contribution in [0.2, 0.25) is 0 Å². The van der Waals surface area contributed by atoms with Gasteiger partial charge in [0.25, 0.3) is 0 Å². The Labute approximate surface area is 234 Å². The molecule has 2 aliphatic rings. The zero-order chi connectivity index (χ0) is 28.4. The number of pyridine rings is 1. The monoisotopic (exact) mass is 593 g/mol. The molecule has 2 saturated heterocycles. The minimum atomic E-state index is -3.66. The van der Waals surface area contributed by atoms with Crippen molar-refractivity contribution in [1.82, 2.24) is 24.3 Å². The van der Waals surface area contributed by atoms with Crippen LogP contribution in [-0.4, -0.2) is 93.4 Å². The molecule has 4 N–H and O–H groups in total. The number of aliphatic hydroxyl groups is 1. The Morgan fingerprint density at radius 1 is 1.20 bits per heavy atom. The van der Waals surface area contributed by atoms with Crippen molar-refractivity contribution in [2.75, 3.05) is 39.4 Å². The Balaban J connectivity index is 1.08. The second-order valence-corrected chi connectivity index (χ2v) is 13.9. The fourth-order valence-electron chi connectivity index (χ4n) is 5.22. The van der Waals surface area contributed by atoms with Gasteiger partial charge >= 0.3 is 0 Å². The van der Waals surface area contributed by atoms with Gasteiger partial charge in [0.1, 0.15) is 23.4 Å². The summed E-state index contributed by atoms with van der Waals surface area (Å²) in [5, 5.41) is 13.8. The number of hydrogen-bond acceptors (Lipinski definition) is 9. The Kier molecular flexibility index (Phi) is 8.47. The largest absolute Gasteiger partial charge is 0.491 e. The van der Waals surface area contributed by atoms with E-state index in [0.717, 1.165) is 11.9 Å². The van der Waals surface area contributed by atoms with Gasteiger partial charge in [-0.15, -0.1) is 0 Å². The summed E-state index contributed by atoms with van der Waals surface area (Å²) in [6.07, 6.45) is 4.20. The smallest absolute Gasteiger partial charge is 0.244 e. The van der Waals surface area contributed by atoms with Crippen LogP contribution in [0.3, 0.4) is 0 Å². The average molecular weight is 594 g/mol. The second-order valence-electron chi connectivity index (χ2n) is 10.2. The number of piperidine rings is 1. The van der Waals surface area contributed by atoms with Crippen molar-refractivity contribution >= 4 is 31.1 Å². The second kappa shape index (κ2) is 11.7. The molecule has 0 amide bonds. The first-order valence-electron chi connectivity index (χ1n) is 13.3. The molecule has 5 rings (SSSR count). The normalized spacial score (nSPS) is 20.7. The number of nitrogens with zero attached hydrogens (tertiary/aromatic N) is 2. The highest BCUT2D eigenvalue weighted by molar-refractivity contribution is 7.89. The molecule has 218 valence electrons. The van der Waals surface area contributed by atoms with E-state index in [1.165, 1.54) is 22.6 Å². The van der Waals surface area contributed by atoms with E-state index >= 15 is 0 Å². The SMILES string of the molecule is CCNS(=O)(=O)c1cccc(OCC(O)CNC2COC3(CCN(S(=O)(=O)c4cnc5cc[nH]c5c4)CC3)C2)c1. The van der Waals surface area contributed by atoms with Crippen LogP contribution in [0, 0.1) is 0 Å². The van der Waals surface area contributed by atoms with E-state index in [1.807, 2.05) is 0 Å². The van der Waals surface area contributed by atoms with Crippen molar-refractivity contribution in [3.8, 4) is 5.75 Å². The van der Waals surface area contributed by atoms with Gasteiger partial charge in [0.05, 0.1) is 28.1 Å². The van der Waals surface area contributed by atoms with E-state index in [2.05, 4.69) is 20.0 Å². The van der Waals surface area contributed by atoms with Crippen LogP contribution in [0.5, 0.6) is 5.75 Å². The molecule has 2 unspecified atom stereocenters. The zero-order valence-electron chi connectivity index (χ0n) is 22.2. The Morgan fingerprint density at radius 3 is 2.77 bits per heavy atom. The minimum Gasteiger partial charge on any atom is -0.491 e. The first-order valence-corrected chi connectivity index (χ1v) is 16.2. The van der Waals surface area contributed by atoms with E-state index in [0.29, 0.717) is 43.8 Å². The molecule has 3 aromatic rings. The first kappa shape index (κ1) is 28.9. The number of benzene rings is 1. The molecule has 1 aromatic carbocycles. The number of fused-ring (bicyclic) bond motifs is 1. The van der Waals surface area contributed by atoms with Crippen LogP contribution >= 0.6 is 0 Å². The maximum absolute atomic E-state index is 13.2. The standard InChI is InChI=1S/C26H35N5O7S2/c1-2-30-39(33,34)22-5-3-4-21(12-22)37-18-20(32)15-28-19-14-26(38-17-19)7-10-31(11-8-26)40(35,36)23-13-25-24(29-16-23)6-9-27-25/h3-6,9,12-13,16,19-20,27-28,30,32H,2,7-8,10-11,14-15,17-18H2,1H3. The van der Waals surface area contributed by atoms with Gasteiger partial charge in [-0.05, 0) is 43.5 Å². The lowest BCUT2D eigenvalue weighted by atomic mass is 9.88. The molecule has 2 atom stereocenters. The molecule has 2 fully saturated rings. The number of aliphatic hydroxyl groups excluding tert-OH is 1. The number of aromatic amines is 1. The maximum Gasteiger partial charge on any atom is 0.244 e. The van der Waals surface area contributed by atoms with E-state index in [9.17, 15) is 21.9 Å². The number of aromatic nitrogens is 2. The summed E-state index contributed by atoms with van der Waals surface area (Å²) in [5.41, 5.74) is 1.00. The predicted molar refractivity (Wildman–Crippen MR) is 148 cm³/mol. The van der Waals surface area contributed by atoms with Crippen molar-refractivity contribution in [2.45, 2.75) is 53.7 Å². The fraction of sp³-hybridized carbons (Fsp3) is 0.500. The van der Waals surface area contributed by atoms with Crippen LogP contribution in [0.1, 0.15) is 26.2 Å². The Hall–Kier alpha value is -2.59. The highest BCUT2D eigenvalue weighted by atomic mass is 32.2. The highest BCUT2D eigenvalue weighted by Crippen LogP contribution is 2.37. The molecular weight excluding hydrogens is 558 g/mol. The van der Waals surface area contributed by atoms with Crippen LogP contribution in [0.15, 0.2) is 58.6 Å². The lowest BCUT2D eigenvalue weighted by molar-refractivity contribution is -0.0312. The lowest BCUT2D eigenvalue weighted by Gasteiger charge is -2.38. The molecule has 12 nitrogen and oxygen atoms in total. The van der Waals surface area contributed by atoms with Gasteiger partial charge in [-0.3, -0.25) is 4.98 Å². The number of nitrogens with one attached hydrogen (secondary N) is 3. The minimum absolute atomic E-state index is 0.00756.